The van der Waals surface area contributed by atoms with Gasteiger partial charge in [0.15, 0.2) is 0 Å². The SMILES string of the molecule is Cn1c(CO)cnc1S(=O)(=O)Cc1ccc(Cl)cc1Cl. The second-order valence-electron chi connectivity index (χ2n) is 4.24. The number of hydrogen-bond acceptors (Lipinski definition) is 4. The van der Waals surface area contributed by atoms with E-state index in [4.69, 9.17) is 28.3 Å². The van der Waals surface area contributed by atoms with Gasteiger partial charge in [-0.1, -0.05) is 29.3 Å². The highest BCUT2D eigenvalue weighted by Crippen LogP contribution is 2.25. The maximum atomic E-state index is 12.3. The monoisotopic (exact) mass is 334 g/mol. The molecule has 0 unspecified atom stereocenters. The fourth-order valence-electron chi connectivity index (χ4n) is 1.77. The number of aliphatic hydroxyl groups excluding tert-OH is 1. The number of hydrogen-bond donors (Lipinski definition) is 1. The van der Waals surface area contributed by atoms with E-state index >= 15 is 0 Å². The van der Waals surface area contributed by atoms with Crippen molar-refractivity contribution in [1.29, 1.82) is 0 Å². The summed E-state index contributed by atoms with van der Waals surface area (Å²) in [6.07, 6.45) is 1.33. The summed E-state index contributed by atoms with van der Waals surface area (Å²) in [6, 6.07) is 4.64. The van der Waals surface area contributed by atoms with E-state index in [1.807, 2.05) is 0 Å². The topological polar surface area (TPSA) is 72.2 Å². The first-order chi connectivity index (χ1) is 9.35. The molecule has 0 spiro atoms. The van der Waals surface area contributed by atoms with Gasteiger partial charge in [0.1, 0.15) is 0 Å². The Kier molecular flexibility index (Phi) is 4.39. The molecule has 0 atom stereocenters. The van der Waals surface area contributed by atoms with Crippen LogP contribution in [0, 0.1) is 0 Å². The first-order valence-corrected chi connectivity index (χ1v) is 8.04. The lowest BCUT2D eigenvalue weighted by atomic mass is 10.2. The quantitative estimate of drug-likeness (QED) is 0.930. The molecule has 108 valence electrons. The highest BCUT2D eigenvalue weighted by Gasteiger charge is 2.23. The lowest BCUT2D eigenvalue weighted by Gasteiger charge is -2.07. The van der Waals surface area contributed by atoms with Crippen molar-refractivity contribution in [3.05, 3.63) is 45.7 Å². The van der Waals surface area contributed by atoms with Gasteiger partial charge in [-0.05, 0) is 17.7 Å². The predicted octanol–water partition coefficient (Wildman–Crippen LogP) is 2.19. The van der Waals surface area contributed by atoms with Crippen molar-refractivity contribution in [2.75, 3.05) is 0 Å². The van der Waals surface area contributed by atoms with Crippen LogP contribution in [0.4, 0.5) is 0 Å². The van der Waals surface area contributed by atoms with Gasteiger partial charge in [-0.3, -0.25) is 0 Å². The van der Waals surface area contributed by atoms with Gasteiger partial charge in [0.25, 0.3) is 0 Å². The van der Waals surface area contributed by atoms with Crippen molar-refractivity contribution in [1.82, 2.24) is 9.55 Å². The summed E-state index contributed by atoms with van der Waals surface area (Å²) in [6.45, 7) is -0.277. The van der Waals surface area contributed by atoms with Gasteiger partial charge in [0, 0.05) is 17.1 Å². The zero-order valence-corrected chi connectivity index (χ0v) is 12.9. The second-order valence-corrected chi connectivity index (χ2v) is 6.97. The van der Waals surface area contributed by atoms with E-state index in [-0.39, 0.29) is 22.5 Å². The number of nitrogens with zero attached hydrogens (tertiary/aromatic N) is 2. The van der Waals surface area contributed by atoms with Gasteiger partial charge in [0.2, 0.25) is 15.0 Å². The van der Waals surface area contributed by atoms with Crippen LogP contribution in [0.2, 0.25) is 10.0 Å². The number of imidazole rings is 1. The molecule has 2 aromatic rings. The maximum Gasteiger partial charge on any atom is 0.227 e. The largest absolute Gasteiger partial charge is 0.390 e. The summed E-state index contributed by atoms with van der Waals surface area (Å²) >= 11 is 11.8. The minimum atomic E-state index is -3.66. The second kappa shape index (κ2) is 5.73. The molecule has 0 aliphatic carbocycles. The molecule has 0 saturated carbocycles. The summed E-state index contributed by atoms with van der Waals surface area (Å²) in [5.74, 6) is -0.279. The average Bonchev–Trinajstić information content (AvgIpc) is 2.74. The van der Waals surface area contributed by atoms with E-state index in [1.54, 1.807) is 12.1 Å². The molecule has 0 aliphatic rings. The number of rotatable bonds is 4. The van der Waals surface area contributed by atoms with E-state index in [2.05, 4.69) is 4.98 Å². The summed E-state index contributed by atoms with van der Waals surface area (Å²) in [7, 11) is -2.12. The molecule has 8 heteroatoms. The fourth-order valence-corrected chi connectivity index (χ4v) is 3.86. The third-order valence-electron chi connectivity index (χ3n) is 2.84. The molecule has 0 saturated heterocycles. The Morgan fingerprint density at radius 1 is 1.35 bits per heavy atom. The Morgan fingerprint density at radius 3 is 2.60 bits per heavy atom. The van der Waals surface area contributed by atoms with Gasteiger partial charge in [-0.15, -0.1) is 0 Å². The molecule has 0 amide bonds. The zero-order chi connectivity index (χ0) is 14.9. The first kappa shape index (κ1) is 15.3. The number of sulfone groups is 1. The Morgan fingerprint density at radius 2 is 2.05 bits per heavy atom. The van der Waals surface area contributed by atoms with Gasteiger partial charge in [0.05, 0.1) is 24.3 Å². The van der Waals surface area contributed by atoms with Crippen LogP contribution in [0.1, 0.15) is 11.3 Å². The molecule has 2 rings (SSSR count). The van der Waals surface area contributed by atoms with E-state index in [0.717, 1.165) is 0 Å². The zero-order valence-electron chi connectivity index (χ0n) is 10.5. The summed E-state index contributed by atoms with van der Waals surface area (Å²) in [5.41, 5.74) is 0.871. The Bertz CT molecular complexity index is 741. The lowest BCUT2D eigenvalue weighted by Crippen LogP contribution is -2.12. The van der Waals surface area contributed by atoms with Crippen LogP contribution in [-0.2, 0) is 29.2 Å². The van der Waals surface area contributed by atoms with Crippen molar-refractivity contribution in [3.8, 4) is 0 Å². The number of aliphatic hydroxyl groups is 1. The van der Waals surface area contributed by atoms with Crippen LogP contribution in [0.3, 0.4) is 0 Å². The molecule has 0 aliphatic heterocycles. The van der Waals surface area contributed by atoms with Gasteiger partial charge in [-0.2, -0.15) is 0 Å². The van der Waals surface area contributed by atoms with Crippen molar-refractivity contribution >= 4 is 33.0 Å². The number of benzene rings is 1. The summed E-state index contributed by atoms with van der Waals surface area (Å²) in [5, 5.41) is 9.70. The van der Waals surface area contributed by atoms with E-state index in [9.17, 15) is 8.42 Å². The van der Waals surface area contributed by atoms with Crippen LogP contribution >= 0.6 is 23.2 Å². The normalized spacial score (nSPS) is 11.8. The highest BCUT2D eigenvalue weighted by atomic mass is 35.5. The minimum Gasteiger partial charge on any atom is -0.390 e. The maximum absolute atomic E-state index is 12.3. The van der Waals surface area contributed by atoms with E-state index in [0.29, 0.717) is 16.3 Å². The predicted molar refractivity (Wildman–Crippen MR) is 76.5 cm³/mol. The van der Waals surface area contributed by atoms with Crippen LogP contribution in [0.5, 0.6) is 0 Å². The third-order valence-corrected chi connectivity index (χ3v) is 5.06. The molecular formula is C12H12Cl2N2O3S. The van der Waals surface area contributed by atoms with Crippen molar-refractivity contribution < 1.29 is 13.5 Å². The average molecular weight is 335 g/mol. The molecule has 1 N–H and O–H groups in total. The van der Waals surface area contributed by atoms with E-state index in [1.165, 1.54) is 23.9 Å². The number of halogens is 2. The molecule has 0 fully saturated rings. The lowest BCUT2D eigenvalue weighted by molar-refractivity contribution is 0.271. The van der Waals surface area contributed by atoms with Gasteiger partial charge >= 0.3 is 0 Å². The molecular weight excluding hydrogens is 323 g/mol. The first-order valence-electron chi connectivity index (χ1n) is 5.63. The van der Waals surface area contributed by atoms with Crippen molar-refractivity contribution in [2.45, 2.75) is 17.5 Å². The van der Waals surface area contributed by atoms with Crippen molar-refractivity contribution in [2.24, 2.45) is 7.05 Å². The molecule has 0 bridgehead atoms. The summed E-state index contributed by atoms with van der Waals surface area (Å²) < 4.78 is 26.0. The van der Waals surface area contributed by atoms with Crippen LogP contribution in [-0.4, -0.2) is 23.1 Å². The van der Waals surface area contributed by atoms with Crippen LogP contribution in [0.25, 0.3) is 0 Å². The fraction of sp³-hybridized carbons (Fsp3) is 0.250. The minimum absolute atomic E-state index is 0.104. The molecule has 1 aromatic carbocycles. The third kappa shape index (κ3) is 2.98. The highest BCUT2D eigenvalue weighted by molar-refractivity contribution is 7.90. The Labute approximate surface area is 126 Å². The number of aromatic nitrogens is 2. The standard InChI is InChI=1S/C12H12Cl2N2O3S/c1-16-10(6-17)5-15-12(16)20(18,19)7-8-2-3-9(13)4-11(8)14/h2-5,17H,6-7H2,1H3. The summed E-state index contributed by atoms with van der Waals surface area (Å²) in [4.78, 5) is 3.85. The molecule has 1 heterocycles. The van der Waals surface area contributed by atoms with Crippen LogP contribution < -0.4 is 0 Å². The van der Waals surface area contributed by atoms with Gasteiger partial charge < -0.3 is 9.67 Å². The van der Waals surface area contributed by atoms with E-state index < -0.39 is 9.84 Å². The molecule has 1 aromatic heterocycles. The Hall–Kier alpha value is -1.08. The van der Waals surface area contributed by atoms with Gasteiger partial charge in [-0.25, -0.2) is 13.4 Å². The molecule has 20 heavy (non-hydrogen) atoms. The Balaban J connectivity index is 2.38. The molecule has 0 radical (unpaired) electrons. The van der Waals surface area contributed by atoms with Crippen LogP contribution in [0.15, 0.2) is 29.6 Å². The smallest absolute Gasteiger partial charge is 0.227 e. The molecule has 5 nitrogen and oxygen atoms in total. The van der Waals surface area contributed by atoms with Crippen molar-refractivity contribution in [3.63, 3.8) is 0 Å².